The lowest BCUT2D eigenvalue weighted by atomic mass is 10.1. The number of benzene rings is 1. The molecule has 1 N–H and O–H groups in total. The second-order valence-electron chi connectivity index (χ2n) is 7.32. The number of aryl methyl sites for hydroxylation is 2. The van der Waals surface area contributed by atoms with Crippen LogP contribution in [0.25, 0.3) is 11.0 Å². The molecule has 0 bridgehead atoms. The van der Waals surface area contributed by atoms with Crippen molar-refractivity contribution in [1.29, 1.82) is 0 Å². The normalized spacial score (nSPS) is 10.9. The molecule has 4 rings (SSSR count). The average Bonchev–Trinajstić information content (AvgIpc) is 3.40. The molecule has 0 fully saturated rings. The van der Waals surface area contributed by atoms with E-state index >= 15 is 0 Å². The molecule has 8 nitrogen and oxygen atoms in total. The van der Waals surface area contributed by atoms with E-state index in [4.69, 9.17) is 4.42 Å². The Kier molecular flexibility index (Phi) is 5.53. The van der Waals surface area contributed by atoms with Crippen LogP contribution in [0, 0.1) is 6.92 Å². The summed E-state index contributed by atoms with van der Waals surface area (Å²) in [6.07, 6.45) is 3.17. The number of rotatable bonds is 6. The smallest absolute Gasteiger partial charge is 0.256 e. The summed E-state index contributed by atoms with van der Waals surface area (Å²) >= 11 is 0. The van der Waals surface area contributed by atoms with Crippen LogP contribution in [0.15, 0.2) is 59.3 Å². The van der Waals surface area contributed by atoms with E-state index in [1.54, 1.807) is 47.3 Å². The fourth-order valence-electron chi connectivity index (χ4n) is 3.52. The number of pyridine rings is 1. The Morgan fingerprint density at radius 1 is 1.13 bits per heavy atom. The third-order valence-corrected chi connectivity index (χ3v) is 5.14. The van der Waals surface area contributed by atoms with Gasteiger partial charge in [0.1, 0.15) is 5.76 Å². The number of nitrogens with zero attached hydrogens (tertiary/aromatic N) is 4. The lowest BCUT2D eigenvalue weighted by molar-refractivity contribution is 0.0717. The van der Waals surface area contributed by atoms with Gasteiger partial charge in [-0.2, -0.15) is 5.10 Å². The number of fused-ring (bicyclic) bond motifs is 1. The summed E-state index contributed by atoms with van der Waals surface area (Å²) in [4.78, 5) is 31.3. The first kappa shape index (κ1) is 20.3. The number of carbonyl (C=O) groups is 2. The molecule has 8 heteroatoms. The first-order valence-electron chi connectivity index (χ1n) is 9.88. The number of amides is 2. The highest BCUT2D eigenvalue weighted by molar-refractivity contribution is 5.97. The van der Waals surface area contributed by atoms with Crippen LogP contribution >= 0.6 is 0 Å². The van der Waals surface area contributed by atoms with Gasteiger partial charge in [-0.25, -0.2) is 4.98 Å². The minimum absolute atomic E-state index is 0.152. The van der Waals surface area contributed by atoms with Gasteiger partial charge in [-0.15, -0.1) is 0 Å². The molecule has 0 aliphatic heterocycles. The third-order valence-electron chi connectivity index (χ3n) is 5.14. The van der Waals surface area contributed by atoms with Gasteiger partial charge in [0.2, 0.25) is 0 Å². The molecule has 0 saturated heterocycles. The molecular weight excluding hydrogens is 394 g/mol. The zero-order valence-electron chi connectivity index (χ0n) is 17.6. The maximum absolute atomic E-state index is 13.4. The summed E-state index contributed by atoms with van der Waals surface area (Å²) in [7, 11) is 3.42. The van der Waals surface area contributed by atoms with Crippen LogP contribution in [-0.2, 0) is 20.1 Å². The Labute approximate surface area is 179 Å². The maximum Gasteiger partial charge on any atom is 0.256 e. The van der Waals surface area contributed by atoms with Gasteiger partial charge in [-0.05, 0) is 42.8 Å². The summed E-state index contributed by atoms with van der Waals surface area (Å²) in [5, 5.41) is 7.83. The molecular formula is C23H23N5O3. The van der Waals surface area contributed by atoms with Gasteiger partial charge < -0.3 is 14.6 Å². The molecule has 0 saturated carbocycles. The molecule has 3 aromatic heterocycles. The van der Waals surface area contributed by atoms with Crippen LogP contribution in [0.5, 0.6) is 0 Å². The minimum atomic E-state index is -0.163. The van der Waals surface area contributed by atoms with Crippen LogP contribution in [0.4, 0.5) is 0 Å². The highest BCUT2D eigenvalue weighted by atomic mass is 16.3. The first-order chi connectivity index (χ1) is 15.0. The number of aromatic nitrogens is 3. The number of hydrogen-bond acceptors (Lipinski definition) is 5. The Balaban J connectivity index is 1.63. The molecule has 1 aromatic carbocycles. The fourth-order valence-corrected chi connectivity index (χ4v) is 3.52. The molecule has 158 valence electrons. The second kappa shape index (κ2) is 8.43. The standard InChI is InChI=1S/C23H23N5O3/c1-15-20-11-18(12-25-21(20)27(3)26-15)23(30)28(14-19-5-4-10-31-19)13-16-6-8-17(9-7-16)22(29)24-2/h4-12H,13-14H2,1-3H3,(H,24,29). The summed E-state index contributed by atoms with van der Waals surface area (Å²) in [6.45, 7) is 2.57. The Morgan fingerprint density at radius 3 is 2.58 bits per heavy atom. The van der Waals surface area contributed by atoms with Crippen LogP contribution in [0.3, 0.4) is 0 Å². The van der Waals surface area contributed by atoms with E-state index in [-0.39, 0.29) is 11.8 Å². The van der Waals surface area contributed by atoms with Gasteiger partial charge in [0, 0.05) is 37.8 Å². The van der Waals surface area contributed by atoms with Crippen LogP contribution in [-0.4, -0.2) is 38.5 Å². The Morgan fingerprint density at radius 2 is 1.90 bits per heavy atom. The quantitative estimate of drug-likeness (QED) is 0.520. The third kappa shape index (κ3) is 4.18. The molecule has 31 heavy (non-hydrogen) atoms. The van der Waals surface area contributed by atoms with E-state index in [0.717, 1.165) is 22.3 Å². The van der Waals surface area contributed by atoms with Gasteiger partial charge in [0.05, 0.1) is 24.1 Å². The Hall–Kier alpha value is -3.94. The molecule has 0 aliphatic carbocycles. The van der Waals surface area contributed by atoms with Gasteiger partial charge in [0.25, 0.3) is 11.8 Å². The summed E-state index contributed by atoms with van der Waals surface area (Å²) in [5.41, 5.74) is 3.51. The summed E-state index contributed by atoms with van der Waals surface area (Å²) in [5.74, 6) is 0.368. The molecule has 0 atom stereocenters. The Bertz CT molecular complexity index is 1230. The lowest BCUT2D eigenvalue weighted by Gasteiger charge is -2.22. The van der Waals surface area contributed by atoms with Gasteiger partial charge >= 0.3 is 0 Å². The van der Waals surface area contributed by atoms with E-state index in [9.17, 15) is 9.59 Å². The van der Waals surface area contributed by atoms with Crippen molar-refractivity contribution in [2.75, 3.05) is 7.05 Å². The predicted molar refractivity (Wildman–Crippen MR) is 115 cm³/mol. The highest BCUT2D eigenvalue weighted by Gasteiger charge is 2.20. The molecule has 3 heterocycles. The molecule has 0 radical (unpaired) electrons. The zero-order valence-corrected chi connectivity index (χ0v) is 17.6. The summed E-state index contributed by atoms with van der Waals surface area (Å²) < 4.78 is 7.17. The molecule has 2 amide bonds. The largest absolute Gasteiger partial charge is 0.467 e. The van der Waals surface area contributed by atoms with Crippen LogP contribution in [0.1, 0.15) is 37.7 Å². The topological polar surface area (TPSA) is 93.3 Å². The highest BCUT2D eigenvalue weighted by Crippen LogP contribution is 2.20. The SMILES string of the molecule is CNC(=O)c1ccc(CN(Cc2ccco2)C(=O)c2cnc3c(c2)c(C)nn3C)cc1. The van der Waals surface area contributed by atoms with Crippen molar-refractivity contribution in [3.8, 4) is 0 Å². The molecule has 4 aromatic rings. The molecule has 0 aliphatic rings. The van der Waals surface area contributed by atoms with E-state index < -0.39 is 0 Å². The van der Waals surface area contributed by atoms with Gasteiger partial charge in [-0.1, -0.05) is 12.1 Å². The second-order valence-corrected chi connectivity index (χ2v) is 7.32. The number of hydrogen-bond donors (Lipinski definition) is 1. The van der Waals surface area contributed by atoms with Crippen molar-refractivity contribution in [3.63, 3.8) is 0 Å². The average molecular weight is 417 g/mol. The first-order valence-corrected chi connectivity index (χ1v) is 9.88. The van der Waals surface area contributed by atoms with Crippen molar-refractivity contribution in [1.82, 2.24) is 25.0 Å². The van der Waals surface area contributed by atoms with E-state index in [0.29, 0.717) is 30.0 Å². The predicted octanol–water partition coefficient (Wildman–Crippen LogP) is 3.07. The van der Waals surface area contributed by atoms with E-state index in [1.807, 2.05) is 38.2 Å². The van der Waals surface area contributed by atoms with Crippen molar-refractivity contribution in [2.45, 2.75) is 20.0 Å². The maximum atomic E-state index is 13.4. The number of nitrogens with one attached hydrogen (secondary N) is 1. The van der Waals surface area contributed by atoms with E-state index in [2.05, 4.69) is 15.4 Å². The molecule has 0 spiro atoms. The number of carbonyl (C=O) groups excluding carboxylic acids is 2. The van der Waals surface area contributed by atoms with Crippen molar-refractivity contribution < 1.29 is 14.0 Å². The molecule has 0 unspecified atom stereocenters. The summed E-state index contributed by atoms with van der Waals surface area (Å²) in [6, 6.07) is 12.6. The lowest BCUT2D eigenvalue weighted by Crippen LogP contribution is -2.30. The van der Waals surface area contributed by atoms with Crippen LogP contribution < -0.4 is 5.32 Å². The van der Waals surface area contributed by atoms with Crippen molar-refractivity contribution in [2.24, 2.45) is 7.05 Å². The van der Waals surface area contributed by atoms with Gasteiger partial charge in [0.15, 0.2) is 5.65 Å². The van der Waals surface area contributed by atoms with Crippen LogP contribution in [0.2, 0.25) is 0 Å². The van der Waals surface area contributed by atoms with Crippen molar-refractivity contribution >= 4 is 22.8 Å². The van der Waals surface area contributed by atoms with E-state index in [1.165, 1.54) is 0 Å². The zero-order chi connectivity index (χ0) is 22.0. The fraction of sp³-hybridized carbons (Fsp3) is 0.217. The number of furan rings is 1. The van der Waals surface area contributed by atoms with Crippen molar-refractivity contribution in [3.05, 3.63) is 83.1 Å². The monoisotopic (exact) mass is 417 g/mol. The van der Waals surface area contributed by atoms with Gasteiger partial charge in [-0.3, -0.25) is 14.3 Å². The minimum Gasteiger partial charge on any atom is -0.467 e.